The fourth-order valence-electron chi connectivity index (χ4n) is 3.51. The summed E-state index contributed by atoms with van der Waals surface area (Å²) >= 11 is 0. The molecule has 7 nitrogen and oxygen atoms in total. The van der Waals surface area contributed by atoms with Crippen LogP contribution in [0, 0.1) is 5.82 Å². The summed E-state index contributed by atoms with van der Waals surface area (Å²) in [6, 6.07) is 4.04. The number of hydrogen-bond donors (Lipinski definition) is 3. The Hall–Kier alpha value is -3.16. The molecule has 0 bridgehead atoms. The number of sulfonamides is 1. The minimum absolute atomic E-state index is 0.105. The lowest BCUT2D eigenvalue weighted by Gasteiger charge is -2.39. The maximum absolute atomic E-state index is 14.1. The van der Waals surface area contributed by atoms with Crippen molar-refractivity contribution in [1.82, 2.24) is 10.6 Å². The molecule has 35 heavy (non-hydrogen) atoms. The van der Waals surface area contributed by atoms with Crippen molar-refractivity contribution in [3.05, 3.63) is 58.9 Å². The van der Waals surface area contributed by atoms with Gasteiger partial charge in [-0.1, -0.05) is 12.1 Å². The molecule has 1 heterocycles. The molecule has 2 aromatic rings. The first kappa shape index (κ1) is 26.4. The molecule has 2 aromatic carbocycles. The van der Waals surface area contributed by atoms with E-state index in [0.29, 0.717) is 6.07 Å². The lowest BCUT2D eigenvalue weighted by Crippen LogP contribution is -2.50. The Morgan fingerprint density at radius 3 is 2.40 bits per heavy atom. The normalized spacial score (nSPS) is 17.2. The van der Waals surface area contributed by atoms with Crippen molar-refractivity contribution in [3.63, 3.8) is 0 Å². The zero-order valence-electron chi connectivity index (χ0n) is 18.2. The molecule has 192 valence electrons. The van der Waals surface area contributed by atoms with E-state index in [2.05, 4.69) is 10.6 Å². The highest BCUT2D eigenvalue weighted by atomic mass is 32.2. The third-order valence-corrected chi connectivity index (χ3v) is 5.78. The molecule has 1 atom stereocenters. The SMILES string of the molecule is CS(=O)(=O)Nc1ccc(CNC(=O)N[C@@H]2CC(CF)(CF)Oc3cc(C(F)(F)F)ccc32)cc1F. The van der Waals surface area contributed by atoms with Crippen LogP contribution in [-0.2, 0) is 22.7 Å². The topological polar surface area (TPSA) is 96.5 Å². The van der Waals surface area contributed by atoms with Crippen LogP contribution in [-0.4, -0.2) is 39.7 Å². The van der Waals surface area contributed by atoms with Crippen molar-refractivity contribution < 1.29 is 44.3 Å². The van der Waals surface area contributed by atoms with Gasteiger partial charge < -0.3 is 15.4 Å². The van der Waals surface area contributed by atoms with Crippen molar-refractivity contribution in [2.75, 3.05) is 24.3 Å². The number of halogens is 6. The summed E-state index contributed by atoms with van der Waals surface area (Å²) in [5, 5.41) is 4.86. The van der Waals surface area contributed by atoms with Gasteiger partial charge >= 0.3 is 12.2 Å². The van der Waals surface area contributed by atoms with E-state index in [1.54, 1.807) is 0 Å². The Balaban J connectivity index is 1.74. The summed E-state index contributed by atoms with van der Waals surface area (Å²) in [7, 11) is -3.70. The Kier molecular flexibility index (Phi) is 7.43. The second kappa shape index (κ2) is 9.84. The summed E-state index contributed by atoms with van der Waals surface area (Å²) < 4.78 is 110. The maximum atomic E-state index is 14.1. The molecular weight excluding hydrogens is 504 g/mol. The van der Waals surface area contributed by atoms with Crippen LogP contribution < -0.4 is 20.1 Å². The molecule has 1 aliphatic rings. The molecular formula is C21H21F6N3O4S. The van der Waals surface area contributed by atoms with Gasteiger partial charge in [0.1, 0.15) is 24.9 Å². The second-order valence-corrected chi connectivity index (χ2v) is 9.82. The van der Waals surface area contributed by atoms with E-state index in [1.807, 2.05) is 4.72 Å². The number of ether oxygens (including phenoxy) is 1. The number of rotatable bonds is 7. The molecule has 0 spiro atoms. The van der Waals surface area contributed by atoms with E-state index in [-0.39, 0.29) is 29.8 Å². The highest BCUT2D eigenvalue weighted by molar-refractivity contribution is 7.92. The first-order valence-corrected chi connectivity index (χ1v) is 12.0. The van der Waals surface area contributed by atoms with Crippen LogP contribution in [0.2, 0.25) is 0 Å². The number of urea groups is 1. The van der Waals surface area contributed by atoms with Crippen LogP contribution in [0.3, 0.4) is 0 Å². The van der Waals surface area contributed by atoms with Crippen LogP contribution in [0.5, 0.6) is 5.75 Å². The number of carbonyl (C=O) groups excluding carboxylic acids is 1. The molecule has 0 saturated heterocycles. The molecule has 0 aliphatic carbocycles. The van der Waals surface area contributed by atoms with Gasteiger partial charge in [0.25, 0.3) is 0 Å². The van der Waals surface area contributed by atoms with Crippen LogP contribution in [0.1, 0.15) is 29.2 Å². The molecule has 0 aromatic heterocycles. The van der Waals surface area contributed by atoms with Gasteiger partial charge in [-0.2, -0.15) is 13.2 Å². The third-order valence-electron chi connectivity index (χ3n) is 5.19. The van der Waals surface area contributed by atoms with Gasteiger partial charge in [-0.3, -0.25) is 4.72 Å². The summed E-state index contributed by atoms with van der Waals surface area (Å²) in [5.74, 6) is -1.28. The van der Waals surface area contributed by atoms with E-state index in [1.165, 1.54) is 6.07 Å². The summed E-state index contributed by atoms with van der Waals surface area (Å²) in [6.45, 7) is -2.89. The van der Waals surface area contributed by atoms with Crippen molar-refractivity contribution in [1.29, 1.82) is 0 Å². The highest BCUT2D eigenvalue weighted by Crippen LogP contribution is 2.43. The van der Waals surface area contributed by atoms with Crippen molar-refractivity contribution in [2.45, 2.75) is 30.8 Å². The van der Waals surface area contributed by atoms with Crippen LogP contribution in [0.25, 0.3) is 0 Å². The zero-order valence-corrected chi connectivity index (χ0v) is 19.0. The molecule has 0 radical (unpaired) electrons. The van der Waals surface area contributed by atoms with Crippen molar-refractivity contribution >= 4 is 21.7 Å². The molecule has 14 heteroatoms. The quantitative estimate of drug-likeness (QED) is 0.472. The first-order chi connectivity index (χ1) is 16.2. The van der Waals surface area contributed by atoms with E-state index in [4.69, 9.17) is 4.74 Å². The minimum atomic E-state index is -4.72. The molecule has 0 saturated carbocycles. The number of amides is 2. The van der Waals surface area contributed by atoms with Gasteiger partial charge in [0.05, 0.1) is 23.5 Å². The van der Waals surface area contributed by atoms with E-state index in [9.17, 15) is 39.6 Å². The average Bonchev–Trinajstić information content (AvgIpc) is 2.77. The number of nitrogens with one attached hydrogen (secondary N) is 3. The summed E-state index contributed by atoms with van der Waals surface area (Å²) in [4.78, 5) is 12.4. The van der Waals surface area contributed by atoms with E-state index in [0.717, 1.165) is 30.5 Å². The second-order valence-electron chi connectivity index (χ2n) is 8.07. The van der Waals surface area contributed by atoms with E-state index >= 15 is 0 Å². The van der Waals surface area contributed by atoms with Gasteiger partial charge in [-0.25, -0.2) is 26.4 Å². The van der Waals surface area contributed by atoms with Crippen LogP contribution >= 0.6 is 0 Å². The Bertz CT molecular complexity index is 1200. The summed E-state index contributed by atoms with van der Waals surface area (Å²) in [6.07, 6.45) is -4.25. The van der Waals surface area contributed by atoms with Gasteiger partial charge in [0.2, 0.25) is 10.0 Å². The predicted molar refractivity (Wildman–Crippen MR) is 114 cm³/mol. The van der Waals surface area contributed by atoms with Gasteiger partial charge in [0.15, 0.2) is 5.60 Å². The smallest absolute Gasteiger partial charge is 0.416 e. The average molecular weight is 525 g/mol. The zero-order chi connectivity index (χ0) is 26.0. The molecule has 1 aliphatic heterocycles. The highest BCUT2D eigenvalue weighted by Gasteiger charge is 2.43. The third kappa shape index (κ3) is 6.50. The molecule has 0 unspecified atom stereocenters. The minimum Gasteiger partial charge on any atom is -0.481 e. The number of hydrogen-bond acceptors (Lipinski definition) is 4. The molecule has 3 N–H and O–H groups in total. The van der Waals surface area contributed by atoms with Crippen LogP contribution in [0.4, 0.5) is 36.8 Å². The Labute approximate surface area is 196 Å². The largest absolute Gasteiger partial charge is 0.481 e. The standard InChI is InChI=1S/C21H21F6N3O4S/c1-35(32,33)30-16-5-2-12(6-15(16)24)9-28-19(31)29-17-8-20(10-22,11-23)34-18-7-13(21(25,26)27)3-4-14(17)18/h2-7,17,30H,8-11H2,1H3,(H2,28,29,31)/t17-/m1/s1. The maximum Gasteiger partial charge on any atom is 0.416 e. The number of fused-ring (bicyclic) bond motifs is 1. The Morgan fingerprint density at radius 1 is 1.14 bits per heavy atom. The predicted octanol–water partition coefficient (Wildman–Crippen LogP) is 4.22. The number of benzene rings is 2. The van der Waals surface area contributed by atoms with Crippen molar-refractivity contribution in [2.24, 2.45) is 0 Å². The van der Waals surface area contributed by atoms with E-state index < -0.39 is 64.4 Å². The molecule has 3 rings (SSSR count). The van der Waals surface area contributed by atoms with Crippen LogP contribution in [0.15, 0.2) is 36.4 Å². The number of alkyl halides is 5. The molecule has 2 amide bonds. The lowest BCUT2D eigenvalue weighted by molar-refractivity contribution is -0.137. The van der Waals surface area contributed by atoms with Gasteiger partial charge in [-0.05, 0) is 29.8 Å². The number of carbonyl (C=O) groups is 1. The fraction of sp³-hybridized carbons (Fsp3) is 0.381. The fourth-order valence-corrected chi connectivity index (χ4v) is 4.08. The molecule has 0 fully saturated rings. The lowest BCUT2D eigenvalue weighted by atomic mass is 9.88. The monoisotopic (exact) mass is 525 g/mol. The Morgan fingerprint density at radius 2 is 1.83 bits per heavy atom. The van der Waals surface area contributed by atoms with Gasteiger partial charge in [0, 0.05) is 18.5 Å². The summed E-state index contributed by atoms with van der Waals surface area (Å²) in [5.41, 5.74) is -3.06. The first-order valence-electron chi connectivity index (χ1n) is 10.1. The number of anilines is 1. The van der Waals surface area contributed by atoms with Crippen molar-refractivity contribution in [3.8, 4) is 5.75 Å². The van der Waals surface area contributed by atoms with Gasteiger partial charge in [-0.15, -0.1) is 0 Å².